The van der Waals surface area contributed by atoms with Crippen LogP contribution in [0.1, 0.15) is 40.0 Å². The summed E-state index contributed by atoms with van der Waals surface area (Å²) < 4.78 is 0. The van der Waals surface area contributed by atoms with Crippen LogP contribution in [0, 0.1) is 0 Å². The Morgan fingerprint density at radius 1 is 1.12 bits per heavy atom. The molecule has 2 heteroatoms. The summed E-state index contributed by atoms with van der Waals surface area (Å²) in [7, 11) is 0. The zero-order valence-corrected chi connectivity index (χ0v) is 9.61. The van der Waals surface area contributed by atoms with E-state index in [1.54, 1.807) is 24.3 Å². The van der Waals surface area contributed by atoms with Gasteiger partial charge in [-0.05, 0) is 25.3 Å². The average Bonchev–Trinajstić information content (AvgIpc) is 2.36. The lowest BCUT2D eigenvalue weighted by Gasteiger charge is -2.14. The van der Waals surface area contributed by atoms with E-state index < -0.39 is 0 Å². The second-order valence-electron chi connectivity index (χ2n) is 4.09. The Kier molecular flexibility index (Phi) is 3.33. The van der Waals surface area contributed by atoms with Crippen molar-refractivity contribution in [2.75, 3.05) is 0 Å². The molecule has 1 aromatic carbocycles. The van der Waals surface area contributed by atoms with Crippen molar-refractivity contribution in [3.63, 3.8) is 0 Å². The maximum Gasteiger partial charge on any atom is 0.189 e. The fourth-order valence-electron chi connectivity index (χ4n) is 1.99. The SMILES string of the molecule is C=CCCCC1=CC(=O)c2ccccc2C1=O. The fourth-order valence-corrected chi connectivity index (χ4v) is 1.99. The lowest BCUT2D eigenvalue weighted by Crippen LogP contribution is -2.16. The highest BCUT2D eigenvalue weighted by atomic mass is 16.1. The molecule has 86 valence electrons. The van der Waals surface area contributed by atoms with Crippen LogP contribution >= 0.6 is 0 Å². The number of carbonyl (C=O) groups is 2. The molecule has 1 aliphatic rings. The van der Waals surface area contributed by atoms with Gasteiger partial charge in [-0.2, -0.15) is 0 Å². The van der Waals surface area contributed by atoms with Crippen molar-refractivity contribution in [1.82, 2.24) is 0 Å². The second kappa shape index (κ2) is 4.91. The van der Waals surface area contributed by atoms with Gasteiger partial charge in [0.05, 0.1) is 0 Å². The largest absolute Gasteiger partial charge is 0.289 e. The summed E-state index contributed by atoms with van der Waals surface area (Å²) in [6, 6.07) is 6.99. The molecule has 0 saturated carbocycles. The Morgan fingerprint density at radius 3 is 2.53 bits per heavy atom. The van der Waals surface area contributed by atoms with Gasteiger partial charge in [0.2, 0.25) is 0 Å². The number of unbranched alkanes of at least 4 members (excludes halogenated alkanes) is 1. The second-order valence-corrected chi connectivity index (χ2v) is 4.09. The number of hydrogen-bond acceptors (Lipinski definition) is 2. The molecule has 0 aliphatic heterocycles. The monoisotopic (exact) mass is 226 g/mol. The van der Waals surface area contributed by atoms with E-state index in [1.807, 2.05) is 6.08 Å². The van der Waals surface area contributed by atoms with Gasteiger partial charge < -0.3 is 0 Å². The minimum absolute atomic E-state index is 0.00994. The van der Waals surface area contributed by atoms with Crippen molar-refractivity contribution in [1.29, 1.82) is 0 Å². The smallest absolute Gasteiger partial charge is 0.189 e. The predicted molar refractivity (Wildman–Crippen MR) is 67.2 cm³/mol. The molecule has 2 rings (SSSR count). The number of rotatable bonds is 4. The molecular formula is C15H14O2. The number of benzene rings is 1. The molecule has 0 saturated heterocycles. The summed E-state index contributed by atoms with van der Waals surface area (Å²) >= 11 is 0. The van der Waals surface area contributed by atoms with Crippen LogP contribution in [0.3, 0.4) is 0 Å². The summed E-state index contributed by atoms with van der Waals surface area (Å²) in [5.74, 6) is -0.0712. The quantitative estimate of drug-likeness (QED) is 0.582. The number of Topliss-reactive ketones (excluding diaryl/α,β-unsaturated/α-hetero) is 1. The molecule has 0 fully saturated rings. The topological polar surface area (TPSA) is 34.1 Å². The number of carbonyl (C=O) groups excluding carboxylic acids is 2. The zero-order chi connectivity index (χ0) is 12.3. The molecule has 0 bridgehead atoms. The number of allylic oxidation sites excluding steroid dienone is 3. The molecule has 0 spiro atoms. The summed E-state index contributed by atoms with van der Waals surface area (Å²) in [6.07, 6.45) is 5.67. The minimum atomic E-state index is -0.0613. The van der Waals surface area contributed by atoms with Crippen molar-refractivity contribution in [3.05, 3.63) is 59.7 Å². The lowest BCUT2D eigenvalue weighted by molar-refractivity contribution is 0.0981. The highest BCUT2D eigenvalue weighted by Crippen LogP contribution is 2.24. The molecule has 2 nitrogen and oxygen atoms in total. The molecule has 0 aromatic heterocycles. The third-order valence-corrected chi connectivity index (χ3v) is 2.89. The average molecular weight is 226 g/mol. The van der Waals surface area contributed by atoms with Crippen molar-refractivity contribution < 1.29 is 9.59 Å². The highest BCUT2D eigenvalue weighted by molar-refractivity contribution is 6.24. The van der Waals surface area contributed by atoms with E-state index in [0.717, 1.165) is 12.8 Å². The maximum absolute atomic E-state index is 12.1. The van der Waals surface area contributed by atoms with Crippen LogP contribution in [-0.2, 0) is 0 Å². The minimum Gasteiger partial charge on any atom is -0.289 e. The molecule has 0 amide bonds. The number of hydrogen-bond donors (Lipinski definition) is 0. The van der Waals surface area contributed by atoms with E-state index in [-0.39, 0.29) is 11.6 Å². The van der Waals surface area contributed by atoms with Gasteiger partial charge in [-0.3, -0.25) is 9.59 Å². The normalized spacial score (nSPS) is 14.2. The van der Waals surface area contributed by atoms with Crippen LogP contribution in [0.5, 0.6) is 0 Å². The predicted octanol–water partition coefficient (Wildman–Crippen LogP) is 3.35. The van der Waals surface area contributed by atoms with Gasteiger partial charge in [0.1, 0.15) is 0 Å². The van der Waals surface area contributed by atoms with E-state index in [0.29, 0.717) is 23.1 Å². The van der Waals surface area contributed by atoms with Crippen LogP contribution in [0.15, 0.2) is 48.6 Å². The summed E-state index contributed by atoms with van der Waals surface area (Å²) in [6.45, 7) is 3.64. The lowest BCUT2D eigenvalue weighted by atomic mass is 9.87. The van der Waals surface area contributed by atoms with Crippen LogP contribution in [-0.4, -0.2) is 11.6 Å². The van der Waals surface area contributed by atoms with Gasteiger partial charge in [0.15, 0.2) is 11.6 Å². The highest BCUT2D eigenvalue weighted by Gasteiger charge is 2.24. The van der Waals surface area contributed by atoms with Gasteiger partial charge in [-0.25, -0.2) is 0 Å². The molecule has 17 heavy (non-hydrogen) atoms. The maximum atomic E-state index is 12.1. The molecule has 1 aliphatic carbocycles. The Morgan fingerprint density at radius 2 is 1.82 bits per heavy atom. The third-order valence-electron chi connectivity index (χ3n) is 2.89. The summed E-state index contributed by atoms with van der Waals surface area (Å²) in [5, 5.41) is 0. The van der Waals surface area contributed by atoms with E-state index in [1.165, 1.54) is 6.08 Å². The number of fused-ring (bicyclic) bond motifs is 1. The molecule has 0 radical (unpaired) electrons. The first-order valence-corrected chi connectivity index (χ1v) is 5.73. The first-order chi connectivity index (χ1) is 8.24. The first kappa shape index (κ1) is 11.5. The van der Waals surface area contributed by atoms with E-state index in [4.69, 9.17) is 0 Å². The van der Waals surface area contributed by atoms with E-state index in [9.17, 15) is 9.59 Å². The number of ketones is 2. The van der Waals surface area contributed by atoms with Gasteiger partial charge in [-0.1, -0.05) is 30.3 Å². The van der Waals surface area contributed by atoms with Crippen LogP contribution in [0.4, 0.5) is 0 Å². The first-order valence-electron chi connectivity index (χ1n) is 5.73. The van der Waals surface area contributed by atoms with E-state index >= 15 is 0 Å². The molecule has 0 unspecified atom stereocenters. The molecule has 1 aromatic rings. The fraction of sp³-hybridized carbons (Fsp3) is 0.200. The van der Waals surface area contributed by atoms with Gasteiger partial charge in [0, 0.05) is 16.7 Å². The Bertz CT molecular complexity index is 509. The zero-order valence-electron chi connectivity index (χ0n) is 9.61. The Balaban J connectivity index is 2.25. The van der Waals surface area contributed by atoms with Gasteiger partial charge in [-0.15, -0.1) is 6.58 Å². The van der Waals surface area contributed by atoms with Crippen LogP contribution < -0.4 is 0 Å². The Labute approximate surface area is 101 Å². The van der Waals surface area contributed by atoms with Crippen molar-refractivity contribution in [2.45, 2.75) is 19.3 Å². The van der Waals surface area contributed by atoms with Crippen molar-refractivity contribution in [3.8, 4) is 0 Å². The standard InChI is InChI=1S/C15H14O2/c1-2-3-4-7-11-10-14(16)12-8-5-6-9-13(12)15(11)17/h2,5-6,8-10H,1,3-4,7H2. The molecule has 0 atom stereocenters. The van der Waals surface area contributed by atoms with Gasteiger partial charge in [0.25, 0.3) is 0 Å². The van der Waals surface area contributed by atoms with Crippen molar-refractivity contribution in [2.24, 2.45) is 0 Å². The summed E-state index contributed by atoms with van der Waals surface area (Å²) in [4.78, 5) is 23.9. The third kappa shape index (κ3) is 2.26. The molecule has 0 N–H and O–H groups in total. The molecule has 0 heterocycles. The van der Waals surface area contributed by atoms with Gasteiger partial charge >= 0.3 is 0 Å². The summed E-state index contributed by atoms with van der Waals surface area (Å²) in [5.41, 5.74) is 1.68. The van der Waals surface area contributed by atoms with Crippen LogP contribution in [0.2, 0.25) is 0 Å². The molecular weight excluding hydrogens is 212 g/mol. The van der Waals surface area contributed by atoms with Crippen molar-refractivity contribution >= 4 is 11.6 Å². The van der Waals surface area contributed by atoms with E-state index in [2.05, 4.69) is 6.58 Å². The van der Waals surface area contributed by atoms with Crippen LogP contribution in [0.25, 0.3) is 0 Å². The Hall–Kier alpha value is -1.96.